The van der Waals surface area contributed by atoms with Crippen molar-refractivity contribution in [2.45, 2.75) is 44.7 Å². The van der Waals surface area contributed by atoms with Crippen molar-refractivity contribution in [1.82, 2.24) is 10.2 Å². The van der Waals surface area contributed by atoms with Gasteiger partial charge in [0.15, 0.2) is 0 Å². The summed E-state index contributed by atoms with van der Waals surface area (Å²) in [5.74, 6) is -0.147. The number of halogens is 1. The fourth-order valence-corrected chi connectivity index (χ4v) is 3.12. The molecule has 1 heterocycles. The SMILES string of the molecule is CNC(Cc1cccc(F)c1)C(C)(C)N1CCCC1. The van der Waals surface area contributed by atoms with Gasteiger partial charge in [-0.05, 0) is 70.9 Å². The molecule has 1 aromatic carbocycles. The Hall–Kier alpha value is -0.930. The van der Waals surface area contributed by atoms with Crippen LogP contribution in [-0.4, -0.2) is 36.6 Å². The third-order valence-electron chi connectivity index (χ3n) is 4.45. The number of hydrogen-bond acceptors (Lipinski definition) is 2. The van der Waals surface area contributed by atoms with Gasteiger partial charge in [-0.1, -0.05) is 12.1 Å². The Labute approximate surface area is 116 Å². The molecule has 2 rings (SSSR count). The minimum Gasteiger partial charge on any atom is -0.315 e. The number of nitrogens with zero attached hydrogens (tertiary/aromatic N) is 1. The molecule has 1 aliphatic rings. The molecule has 19 heavy (non-hydrogen) atoms. The number of nitrogens with one attached hydrogen (secondary N) is 1. The summed E-state index contributed by atoms with van der Waals surface area (Å²) >= 11 is 0. The summed E-state index contributed by atoms with van der Waals surface area (Å²) in [4.78, 5) is 2.55. The topological polar surface area (TPSA) is 15.3 Å². The zero-order valence-corrected chi connectivity index (χ0v) is 12.2. The molecule has 0 saturated carbocycles. The molecule has 0 radical (unpaired) electrons. The first-order valence-electron chi connectivity index (χ1n) is 7.21. The molecule has 1 aromatic rings. The highest BCUT2D eigenvalue weighted by Crippen LogP contribution is 2.26. The van der Waals surface area contributed by atoms with E-state index >= 15 is 0 Å². The molecule has 3 heteroatoms. The normalized spacial score (nSPS) is 18.7. The van der Waals surface area contributed by atoms with Crippen molar-refractivity contribution in [3.8, 4) is 0 Å². The lowest BCUT2D eigenvalue weighted by Gasteiger charge is -2.42. The minimum atomic E-state index is -0.147. The molecule has 2 nitrogen and oxygen atoms in total. The standard InChI is InChI=1S/C16H25FN2/c1-16(2,19-9-4-5-10-19)15(18-3)12-13-7-6-8-14(17)11-13/h6-8,11,15,18H,4-5,9-10,12H2,1-3H3. The lowest BCUT2D eigenvalue weighted by molar-refractivity contribution is 0.110. The van der Waals surface area contributed by atoms with Gasteiger partial charge in [-0.2, -0.15) is 0 Å². The van der Waals surface area contributed by atoms with E-state index in [0.29, 0.717) is 6.04 Å². The maximum Gasteiger partial charge on any atom is 0.123 e. The molecule has 1 N–H and O–H groups in total. The molecule has 1 unspecified atom stereocenters. The van der Waals surface area contributed by atoms with Crippen molar-refractivity contribution in [2.24, 2.45) is 0 Å². The predicted molar refractivity (Wildman–Crippen MR) is 77.8 cm³/mol. The van der Waals surface area contributed by atoms with Crippen molar-refractivity contribution < 1.29 is 4.39 Å². The van der Waals surface area contributed by atoms with Gasteiger partial charge in [0.05, 0.1) is 0 Å². The molecule has 1 fully saturated rings. The number of likely N-dealkylation sites (N-methyl/N-ethyl adjacent to an activating group) is 1. The Balaban J connectivity index is 2.10. The maximum atomic E-state index is 13.3. The highest BCUT2D eigenvalue weighted by molar-refractivity contribution is 5.18. The molecule has 0 aliphatic carbocycles. The maximum absolute atomic E-state index is 13.3. The van der Waals surface area contributed by atoms with Crippen molar-refractivity contribution >= 4 is 0 Å². The molecule has 1 saturated heterocycles. The Morgan fingerprint density at radius 2 is 2.00 bits per heavy atom. The summed E-state index contributed by atoms with van der Waals surface area (Å²) in [6, 6.07) is 7.27. The smallest absolute Gasteiger partial charge is 0.123 e. The van der Waals surface area contributed by atoms with Gasteiger partial charge < -0.3 is 5.32 Å². The van der Waals surface area contributed by atoms with Crippen LogP contribution in [0.15, 0.2) is 24.3 Å². The minimum absolute atomic E-state index is 0.0948. The van der Waals surface area contributed by atoms with E-state index in [0.717, 1.165) is 12.0 Å². The quantitative estimate of drug-likeness (QED) is 0.880. The average molecular weight is 264 g/mol. The van der Waals surface area contributed by atoms with Crippen LogP contribution in [0.5, 0.6) is 0 Å². The van der Waals surface area contributed by atoms with E-state index in [2.05, 4.69) is 24.1 Å². The molecule has 0 spiro atoms. The Bertz CT molecular complexity index is 411. The molecular weight excluding hydrogens is 239 g/mol. The van der Waals surface area contributed by atoms with E-state index in [1.54, 1.807) is 12.1 Å². The third kappa shape index (κ3) is 3.34. The second kappa shape index (κ2) is 6.02. The van der Waals surface area contributed by atoms with E-state index in [9.17, 15) is 4.39 Å². The third-order valence-corrected chi connectivity index (χ3v) is 4.45. The molecule has 1 aliphatic heterocycles. The van der Waals surface area contributed by atoms with Gasteiger partial charge in [-0.15, -0.1) is 0 Å². The van der Waals surface area contributed by atoms with Crippen LogP contribution in [0.4, 0.5) is 4.39 Å². The van der Waals surface area contributed by atoms with E-state index < -0.39 is 0 Å². The number of likely N-dealkylation sites (tertiary alicyclic amines) is 1. The summed E-state index contributed by atoms with van der Waals surface area (Å²) in [5.41, 5.74) is 1.16. The van der Waals surface area contributed by atoms with Crippen molar-refractivity contribution in [3.63, 3.8) is 0 Å². The lowest BCUT2D eigenvalue weighted by atomic mass is 9.87. The van der Waals surface area contributed by atoms with E-state index in [1.807, 2.05) is 13.1 Å². The summed E-state index contributed by atoms with van der Waals surface area (Å²) < 4.78 is 13.3. The van der Waals surface area contributed by atoms with Crippen LogP contribution in [0.2, 0.25) is 0 Å². The van der Waals surface area contributed by atoms with E-state index in [1.165, 1.54) is 32.0 Å². The first kappa shape index (κ1) is 14.5. The molecule has 0 amide bonds. The largest absolute Gasteiger partial charge is 0.315 e. The van der Waals surface area contributed by atoms with Crippen LogP contribution in [-0.2, 0) is 6.42 Å². The van der Waals surface area contributed by atoms with Gasteiger partial charge in [-0.3, -0.25) is 4.90 Å². The molecule has 0 aromatic heterocycles. The van der Waals surface area contributed by atoms with E-state index in [4.69, 9.17) is 0 Å². The summed E-state index contributed by atoms with van der Waals surface area (Å²) in [7, 11) is 2.00. The Morgan fingerprint density at radius 1 is 1.32 bits per heavy atom. The second-order valence-electron chi connectivity index (χ2n) is 6.02. The van der Waals surface area contributed by atoms with Gasteiger partial charge >= 0.3 is 0 Å². The van der Waals surface area contributed by atoms with Gasteiger partial charge in [0.2, 0.25) is 0 Å². The van der Waals surface area contributed by atoms with Crippen LogP contribution >= 0.6 is 0 Å². The number of rotatable bonds is 5. The van der Waals surface area contributed by atoms with Gasteiger partial charge in [0.1, 0.15) is 5.82 Å². The second-order valence-corrected chi connectivity index (χ2v) is 6.02. The summed E-state index contributed by atoms with van der Waals surface area (Å²) in [6.45, 7) is 6.93. The molecular formula is C16H25FN2. The Kier molecular flexibility index (Phi) is 4.58. The van der Waals surface area contributed by atoms with Gasteiger partial charge in [0, 0.05) is 11.6 Å². The summed E-state index contributed by atoms with van der Waals surface area (Å²) in [5, 5.41) is 3.42. The molecule has 1 atom stereocenters. The Morgan fingerprint density at radius 3 is 2.58 bits per heavy atom. The zero-order chi connectivity index (χ0) is 13.9. The van der Waals surface area contributed by atoms with E-state index in [-0.39, 0.29) is 11.4 Å². The van der Waals surface area contributed by atoms with Crippen molar-refractivity contribution in [3.05, 3.63) is 35.6 Å². The number of hydrogen-bond donors (Lipinski definition) is 1. The average Bonchev–Trinajstić information content (AvgIpc) is 2.90. The van der Waals surface area contributed by atoms with Crippen LogP contribution in [0, 0.1) is 5.82 Å². The molecule has 0 bridgehead atoms. The summed E-state index contributed by atoms with van der Waals surface area (Å²) in [6.07, 6.45) is 3.44. The number of benzene rings is 1. The van der Waals surface area contributed by atoms with Gasteiger partial charge in [0.25, 0.3) is 0 Å². The van der Waals surface area contributed by atoms with Crippen LogP contribution in [0.1, 0.15) is 32.3 Å². The van der Waals surface area contributed by atoms with Crippen molar-refractivity contribution in [1.29, 1.82) is 0 Å². The van der Waals surface area contributed by atoms with Crippen LogP contribution in [0.3, 0.4) is 0 Å². The van der Waals surface area contributed by atoms with Crippen LogP contribution in [0.25, 0.3) is 0 Å². The highest BCUT2D eigenvalue weighted by Gasteiger charge is 2.35. The first-order chi connectivity index (χ1) is 9.04. The first-order valence-corrected chi connectivity index (χ1v) is 7.21. The lowest BCUT2D eigenvalue weighted by Crippen LogP contribution is -2.57. The monoisotopic (exact) mass is 264 g/mol. The fourth-order valence-electron chi connectivity index (χ4n) is 3.12. The highest BCUT2D eigenvalue weighted by atomic mass is 19.1. The zero-order valence-electron chi connectivity index (χ0n) is 12.2. The van der Waals surface area contributed by atoms with Crippen LogP contribution < -0.4 is 5.32 Å². The van der Waals surface area contributed by atoms with Gasteiger partial charge in [-0.25, -0.2) is 4.39 Å². The predicted octanol–water partition coefficient (Wildman–Crippen LogP) is 2.83. The fraction of sp³-hybridized carbons (Fsp3) is 0.625. The van der Waals surface area contributed by atoms with Crippen molar-refractivity contribution in [2.75, 3.05) is 20.1 Å². The molecule has 106 valence electrons.